The molecule has 2 heterocycles. The van der Waals surface area contributed by atoms with Crippen molar-refractivity contribution < 1.29 is 9.53 Å². The zero-order valence-corrected chi connectivity index (χ0v) is 17.5. The highest BCUT2D eigenvalue weighted by molar-refractivity contribution is 9.10. The van der Waals surface area contributed by atoms with Crippen molar-refractivity contribution in [2.45, 2.75) is 31.8 Å². The fraction of sp³-hybridized carbons (Fsp3) is 0.333. The monoisotopic (exact) mass is 461 g/mol. The standard InChI is InChI=1S/C18H20BrN3O2.2ClH/c1-12-9-15(7-8-20-12)22-18(23)13-5-6-17(21-11-13)24-16-4-2-3-14(19)10-16;;/h2-6,10-12,15,20H,7-9H2,1H3,(H,22,23);2*1H. The van der Waals surface area contributed by atoms with Crippen LogP contribution in [-0.2, 0) is 0 Å². The second kappa shape index (κ2) is 10.7. The normalized spacial score (nSPS) is 18.8. The Hall–Kier alpha value is -1.34. The van der Waals surface area contributed by atoms with Crippen molar-refractivity contribution in [3.63, 3.8) is 0 Å². The second-order valence-corrected chi connectivity index (χ2v) is 6.91. The van der Waals surface area contributed by atoms with E-state index in [1.54, 1.807) is 18.3 Å². The van der Waals surface area contributed by atoms with E-state index < -0.39 is 0 Å². The molecule has 0 saturated carbocycles. The van der Waals surface area contributed by atoms with Crippen LogP contribution in [0.4, 0.5) is 0 Å². The quantitative estimate of drug-likeness (QED) is 0.708. The summed E-state index contributed by atoms with van der Waals surface area (Å²) in [6, 6.07) is 11.6. The van der Waals surface area contributed by atoms with Gasteiger partial charge in [0.1, 0.15) is 5.75 Å². The van der Waals surface area contributed by atoms with Crippen molar-refractivity contribution in [2.24, 2.45) is 0 Å². The Morgan fingerprint density at radius 3 is 2.77 bits per heavy atom. The topological polar surface area (TPSA) is 63.2 Å². The molecule has 0 spiro atoms. The molecule has 1 aliphatic heterocycles. The maximum atomic E-state index is 12.3. The number of hydrogen-bond donors (Lipinski definition) is 2. The molecule has 5 nitrogen and oxygen atoms in total. The lowest BCUT2D eigenvalue weighted by Crippen LogP contribution is -2.46. The molecule has 0 aliphatic carbocycles. The summed E-state index contributed by atoms with van der Waals surface area (Å²) in [5.74, 6) is 1.06. The molecule has 1 aromatic heterocycles. The van der Waals surface area contributed by atoms with Crippen LogP contribution in [0.3, 0.4) is 0 Å². The van der Waals surface area contributed by atoms with Gasteiger partial charge >= 0.3 is 0 Å². The molecule has 1 saturated heterocycles. The largest absolute Gasteiger partial charge is 0.439 e. The molecule has 0 bridgehead atoms. The second-order valence-electron chi connectivity index (χ2n) is 5.99. The van der Waals surface area contributed by atoms with Crippen LogP contribution in [0, 0.1) is 0 Å². The van der Waals surface area contributed by atoms with Gasteiger partial charge in [-0.05, 0) is 50.6 Å². The highest BCUT2D eigenvalue weighted by Crippen LogP contribution is 2.23. The minimum Gasteiger partial charge on any atom is -0.439 e. The third kappa shape index (κ3) is 6.43. The van der Waals surface area contributed by atoms with E-state index in [0.717, 1.165) is 23.9 Å². The van der Waals surface area contributed by atoms with Crippen LogP contribution in [0.1, 0.15) is 30.1 Å². The highest BCUT2D eigenvalue weighted by Gasteiger charge is 2.20. The Morgan fingerprint density at radius 2 is 2.12 bits per heavy atom. The Balaban J connectivity index is 0.00000169. The van der Waals surface area contributed by atoms with Gasteiger partial charge in [0.25, 0.3) is 5.91 Å². The van der Waals surface area contributed by atoms with Gasteiger partial charge in [0.2, 0.25) is 5.88 Å². The maximum Gasteiger partial charge on any atom is 0.253 e. The molecule has 0 radical (unpaired) electrons. The van der Waals surface area contributed by atoms with Gasteiger partial charge in [-0.3, -0.25) is 4.79 Å². The lowest BCUT2D eigenvalue weighted by atomic mass is 10.0. The highest BCUT2D eigenvalue weighted by atomic mass is 79.9. The molecule has 2 aromatic rings. The number of rotatable bonds is 4. The molecule has 26 heavy (non-hydrogen) atoms. The Labute approximate surface area is 174 Å². The Kier molecular flexibility index (Phi) is 9.36. The van der Waals surface area contributed by atoms with Crippen molar-refractivity contribution in [1.29, 1.82) is 0 Å². The average molecular weight is 463 g/mol. The van der Waals surface area contributed by atoms with Crippen molar-refractivity contribution in [1.82, 2.24) is 15.6 Å². The van der Waals surface area contributed by atoms with E-state index >= 15 is 0 Å². The number of amides is 1. The van der Waals surface area contributed by atoms with Crippen molar-refractivity contribution in [3.8, 4) is 11.6 Å². The van der Waals surface area contributed by atoms with E-state index in [1.807, 2.05) is 24.3 Å². The van der Waals surface area contributed by atoms with Gasteiger partial charge < -0.3 is 15.4 Å². The molecule has 8 heteroatoms. The first-order valence-electron chi connectivity index (χ1n) is 8.04. The molecule has 2 atom stereocenters. The fourth-order valence-electron chi connectivity index (χ4n) is 2.76. The third-order valence-corrected chi connectivity index (χ3v) is 4.47. The zero-order valence-electron chi connectivity index (χ0n) is 14.3. The number of nitrogens with zero attached hydrogens (tertiary/aromatic N) is 1. The summed E-state index contributed by atoms with van der Waals surface area (Å²) < 4.78 is 6.61. The molecule has 1 fully saturated rings. The van der Waals surface area contributed by atoms with E-state index in [2.05, 4.69) is 38.5 Å². The van der Waals surface area contributed by atoms with Crippen LogP contribution in [0.2, 0.25) is 0 Å². The van der Waals surface area contributed by atoms with Gasteiger partial charge in [0.15, 0.2) is 0 Å². The van der Waals surface area contributed by atoms with Crippen molar-refractivity contribution in [3.05, 3.63) is 52.6 Å². The van der Waals surface area contributed by atoms with E-state index in [0.29, 0.717) is 23.2 Å². The summed E-state index contributed by atoms with van der Waals surface area (Å²) in [7, 11) is 0. The number of aromatic nitrogens is 1. The fourth-order valence-corrected chi connectivity index (χ4v) is 3.14. The SMILES string of the molecule is CC1CC(NC(=O)c2ccc(Oc3cccc(Br)c3)nc2)CCN1.Cl.Cl. The predicted molar refractivity (Wildman–Crippen MR) is 111 cm³/mol. The van der Waals surface area contributed by atoms with Crippen molar-refractivity contribution >= 4 is 46.7 Å². The van der Waals surface area contributed by atoms with Gasteiger partial charge in [0.05, 0.1) is 5.56 Å². The molecule has 1 aliphatic rings. The minimum atomic E-state index is -0.0874. The Bertz CT molecular complexity index is 716. The van der Waals surface area contributed by atoms with Gasteiger partial charge in [-0.15, -0.1) is 24.8 Å². The summed E-state index contributed by atoms with van der Waals surface area (Å²) in [6.07, 6.45) is 3.45. The predicted octanol–water partition coefficient (Wildman–Crippen LogP) is 4.35. The summed E-state index contributed by atoms with van der Waals surface area (Å²) in [5, 5.41) is 6.45. The number of halogens is 3. The van der Waals surface area contributed by atoms with Crippen LogP contribution in [0.5, 0.6) is 11.6 Å². The summed E-state index contributed by atoms with van der Waals surface area (Å²) in [6.45, 7) is 3.07. The first kappa shape index (κ1) is 22.7. The van der Waals surface area contributed by atoms with Crippen LogP contribution in [-0.4, -0.2) is 29.5 Å². The van der Waals surface area contributed by atoms with E-state index in [9.17, 15) is 4.79 Å². The molecular weight excluding hydrogens is 441 g/mol. The van der Waals surface area contributed by atoms with Crippen LogP contribution < -0.4 is 15.4 Å². The number of carbonyl (C=O) groups is 1. The molecular formula is C18H22BrCl2N3O2. The first-order chi connectivity index (χ1) is 11.6. The van der Waals surface area contributed by atoms with Crippen LogP contribution in [0.25, 0.3) is 0 Å². The zero-order chi connectivity index (χ0) is 16.9. The van der Waals surface area contributed by atoms with E-state index in [4.69, 9.17) is 4.74 Å². The first-order valence-corrected chi connectivity index (χ1v) is 8.83. The van der Waals surface area contributed by atoms with E-state index in [-0.39, 0.29) is 36.8 Å². The van der Waals surface area contributed by atoms with Gasteiger partial charge in [-0.1, -0.05) is 22.0 Å². The Morgan fingerprint density at radius 1 is 1.31 bits per heavy atom. The summed E-state index contributed by atoms with van der Waals surface area (Å²) in [4.78, 5) is 16.5. The summed E-state index contributed by atoms with van der Waals surface area (Å²) >= 11 is 3.40. The maximum absolute atomic E-state index is 12.3. The molecule has 3 rings (SSSR count). The van der Waals surface area contributed by atoms with Gasteiger partial charge in [-0.25, -0.2) is 4.98 Å². The molecule has 2 unspecified atom stereocenters. The van der Waals surface area contributed by atoms with Crippen LogP contribution >= 0.6 is 40.7 Å². The molecule has 142 valence electrons. The lowest BCUT2D eigenvalue weighted by Gasteiger charge is -2.28. The molecule has 1 aromatic carbocycles. The number of ether oxygens (including phenoxy) is 1. The smallest absolute Gasteiger partial charge is 0.253 e. The minimum absolute atomic E-state index is 0. The average Bonchev–Trinajstić information content (AvgIpc) is 2.55. The van der Waals surface area contributed by atoms with Gasteiger partial charge in [0, 0.05) is 28.8 Å². The number of hydrogen-bond acceptors (Lipinski definition) is 4. The number of nitrogens with one attached hydrogen (secondary N) is 2. The van der Waals surface area contributed by atoms with Crippen molar-refractivity contribution in [2.75, 3.05) is 6.54 Å². The molecule has 1 amide bonds. The number of carbonyl (C=O) groups excluding carboxylic acids is 1. The summed E-state index contributed by atoms with van der Waals surface area (Å²) in [5.41, 5.74) is 0.544. The number of piperidine rings is 1. The molecule has 2 N–H and O–H groups in total. The number of pyridine rings is 1. The third-order valence-electron chi connectivity index (χ3n) is 3.98. The number of benzene rings is 1. The lowest BCUT2D eigenvalue weighted by molar-refractivity contribution is 0.0925. The van der Waals surface area contributed by atoms with E-state index in [1.165, 1.54) is 0 Å². The van der Waals surface area contributed by atoms with Crippen LogP contribution in [0.15, 0.2) is 47.1 Å². The van der Waals surface area contributed by atoms with Gasteiger partial charge in [-0.2, -0.15) is 0 Å².